The van der Waals surface area contributed by atoms with Crippen molar-refractivity contribution < 1.29 is 0 Å². The zero-order chi connectivity index (χ0) is 12.0. The predicted molar refractivity (Wildman–Crippen MR) is 71.6 cm³/mol. The Bertz CT molecular complexity index is 178. The highest BCUT2D eigenvalue weighted by atomic mass is 15.2. The van der Waals surface area contributed by atoms with Crippen LogP contribution in [0.5, 0.6) is 0 Å². The molecule has 0 amide bonds. The average Bonchev–Trinajstić information content (AvgIpc) is 2.55. The summed E-state index contributed by atoms with van der Waals surface area (Å²) in [6.07, 6.45) is 9.41. The lowest BCUT2D eigenvalue weighted by Crippen LogP contribution is -2.45. The van der Waals surface area contributed by atoms with Gasteiger partial charge in [0.05, 0.1) is 0 Å². The molecular weight excluding hydrogens is 196 g/mol. The van der Waals surface area contributed by atoms with Crippen molar-refractivity contribution in [3.63, 3.8) is 0 Å². The van der Waals surface area contributed by atoms with Crippen molar-refractivity contribution in [2.45, 2.75) is 70.9 Å². The molecule has 0 aromatic carbocycles. The molecule has 1 aliphatic rings. The third-order valence-electron chi connectivity index (χ3n) is 4.46. The molecular formula is C14H30N2. The van der Waals surface area contributed by atoms with Crippen LogP contribution in [0.25, 0.3) is 0 Å². The van der Waals surface area contributed by atoms with E-state index in [4.69, 9.17) is 5.73 Å². The highest BCUT2D eigenvalue weighted by Gasteiger charge is 2.28. The Morgan fingerprint density at radius 1 is 1.12 bits per heavy atom. The number of nitrogens with zero attached hydrogens (tertiary/aromatic N) is 1. The van der Waals surface area contributed by atoms with Gasteiger partial charge in [-0.1, -0.05) is 33.1 Å². The molecule has 2 atom stereocenters. The Kier molecular flexibility index (Phi) is 6.37. The summed E-state index contributed by atoms with van der Waals surface area (Å²) in [5.74, 6) is 0.730. The maximum atomic E-state index is 5.96. The van der Waals surface area contributed by atoms with Gasteiger partial charge in [-0.25, -0.2) is 0 Å². The third-order valence-corrected chi connectivity index (χ3v) is 4.46. The third kappa shape index (κ3) is 3.46. The van der Waals surface area contributed by atoms with Crippen LogP contribution in [0.3, 0.4) is 0 Å². The first-order chi connectivity index (χ1) is 7.74. The number of nitrogens with two attached hydrogens (primary N) is 1. The fourth-order valence-electron chi connectivity index (χ4n) is 3.31. The number of hydrogen-bond acceptors (Lipinski definition) is 2. The van der Waals surface area contributed by atoms with E-state index in [2.05, 4.69) is 25.8 Å². The van der Waals surface area contributed by atoms with Crippen LogP contribution in [0.1, 0.15) is 58.8 Å². The highest BCUT2D eigenvalue weighted by molar-refractivity contribution is 4.84. The van der Waals surface area contributed by atoms with Crippen LogP contribution in [-0.4, -0.2) is 30.6 Å². The minimum absolute atomic E-state index is 0.730. The van der Waals surface area contributed by atoms with Crippen molar-refractivity contribution >= 4 is 0 Å². The minimum atomic E-state index is 0.730. The maximum Gasteiger partial charge on any atom is 0.0135 e. The van der Waals surface area contributed by atoms with E-state index in [0.29, 0.717) is 0 Å². The summed E-state index contributed by atoms with van der Waals surface area (Å²) in [7, 11) is 2.32. The monoisotopic (exact) mass is 226 g/mol. The Balaban J connectivity index is 2.64. The molecule has 0 aromatic heterocycles. The molecule has 0 spiro atoms. The summed E-state index contributed by atoms with van der Waals surface area (Å²) in [6, 6.07) is 1.48. The van der Waals surface area contributed by atoms with E-state index >= 15 is 0 Å². The van der Waals surface area contributed by atoms with Gasteiger partial charge in [0.1, 0.15) is 0 Å². The fraction of sp³-hybridized carbons (Fsp3) is 1.00. The summed E-state index contributed by atoms with van der Waals surface area (Å²) in [4.78, 5) is 2.63. The molecule has 0 bridgehead atoms. The second-order valence-corrected chi connectivity index (χ2v) is 5.34. The Hall–Kier alpha value is -0.0800. The normalized spacial score (nSPS) is 27.4. The molecule has 2 unspecified atom stereocenters. The van der Waals surface area contributed by atoms with Crippen LogP contribution in [0.2, 0.25) is 0 Å². The van der Waals surface area contributed by atoms with Crippen molar-refractivity contribution in [1.82, 2.24) is 4.90 Å². The van der Waals surface area contributed by atoms with Gasteiger partial charge >= 0.3 is 0 Å². The van der Waals surface area contributed by atoms with Crippen LogP contribution in [0, 0.1) is 5.92 Å². The second kappa shape index (κ2) is 7.29. The Morgan fingerprint density at radius 3 is 2.31 bits per heavy atom. The summed E-state index contributed by atoms with van der Waals surface area (Å²) in [6.45, 7) is 5.48. The number of rotatable bonds is 5. The van der Waals surface area contributed by atoms with Crippen molar-refractivity contribution in [2.75, 3.05) is 13.6 Å². The summed E-state index contributed by atoms with van der Waals surface area (Å²) >= 11 is 0. The summed E-state index contributed by atoms with van der Waals surface area (Å²) in [5, 5.41) is 0. The van der Waals surface area contributed by atoms with Crippen LogP contribution in [-0.2, 0) is 0 Å². The second-order valence-electron chi connectivity index (χ2n) is 5.34. The number of hydrogen-bond donors (Lipinski definition) is 1. The maximum absolute atomic E-state index is 5.96. The average molecular weight is 226 g/mol. The lowest BCUT2D eigenvalue weighted by Gasteiger charge is -2.38. The molecule has 1 aliphatic carbocycles. The van der Waals surface area contributed by atoms with Gasteiger partial charge in [0, 0.05) is 12.1 Å². The SMILES string of the molecule is CCC(CC)N(C)C1CCCCCC1CN. The minimum Gasteiger partial charge on any atom is -0.330 e. The van der Waals surface area contributed by atoms with Crippen molar-refractivity contribution in [2.24, 2.45) is 11.7 Å². The van der Waals surface area contributed by atoms with Gasteiger partial charge in [-0.2, -0.15) is 0 Å². The molecule has 2 N–H and O–H groups in total. The molecule has 2 heteroatoms. The zero-order valence-electron chi connectivity index (χ0n) is 11.4. The predicted octanol–water partition coefficient (Wildman–Crippen LogP) is 3.01. The molecule has 16 heavy (non-hydrogen) atoms. The highest BCUT2D eigenvalue weighted by Crippen LogP contribution is 2.28. The Morgan fingerprint density at radius 2 is 1.75 bits per heavy atom. The molecule has 96 valence electrons. The van der Waals surface area contributed by atoms with Crippen LogP contribution in [0.4, 0.5) is 0 Å². The first-order valence-corrected chi connectivity index (χ1v) is 7.16. The molecule has 0 aliphatic heterocycles. The van der Waals surface area contributed by atoms with Crippen molar-refractivity contribution in [1.29, 1.82) is 0 Å². The van der Waals surface area contributed by atoms with E-state index in [9.17, 15) is 0 Å². The fourth-order valence-corrected chi connectivity index (χ4v) is 3.31. The molecule has 0 saturated heterocycles. The zero-order valence-corrected chi connectivity index (χ0v) is 11.4. The smallest absolute Gasteiger partial charge is 0.0135 e. The topological polar surface area (TPSA) is 29.3 Å². The standard InChI is InChI=1S/C14H30N2/c1-4-13(5-2)16(3)14-10-8-6-7-9-12(14)11-15/h12-14H,4-11,15H2,1-3H3. The quantitative estimate of drug-likeness (QED) is 0.730. The Labute approximate surface area is 102 Å². The molecule has 1 saturated carbocycles. The van der Waals surface area contributed by atoms with E-state index in [0.717, 1.165) is 24.5 Å². The summed E-state index contributed by atoms with van der Waals surface area (Å²) in [5.41, 5.74) is 5.96. The van der Waals surface area contributed by atoms with Crippen molar-refractivity contribution in [3.8, 4) is 0 Å². The van der Waals surface area contributed by atoms with E-state index in [1.807, 2.05) is 0 Å². The van der Waals surface area contributed by atoms with E-state index in [1.54, 1.807) is 0 Å². The first kappa shape index (κ1) is 14.0. The van der Waals surface area contributed by atoms with Crippen LogP contribution < -0.4 is 5.73 Å². The van der Waals surface area contributed by atoms with E-state index in [1.165, 1.54) is 44.9 Å². The van der Waals surface area contributed by atoms with Gasteiger partial charge in [-0.15, -0.1) is 0 Å². The van der Waals surface area contributed by atoms with E-state index < -0.39 is 0 Å². The van der Waals surface area contributed by atoms with Crippen molar-refractivity contribution in [3.05, 3.63) is 0 Å². The largest absolute Gasteiger partial charge is 0.330 e. The molecule has 1 rings (SSSR count). The van der Waals surface area contributed by atoms with Gasteiger partial charge < -0.3 is 10.6 Å². The molecule has 0 radical (unpaired) electrons. The van der Waals surface area contributed by atoms with E-state index in [-0.39, 0.29) is 0 Å². The van der Waals surface area contributed by atoms with Gasteiger partial charge in [-0.05, 0) is 45.2 Å². The van der Waals surface area contributed by atoms with Gasteiger partial charge in [0.15, 0.2) is 0 Å². The van der Waals surface area contributed by atoms with Crippen LogP contribution >= 0.6 is 0 Å². The lowest BCUT2D eigenvalue weighted by molar-refractivity contribution is 0.112. The molecule has 0 aromatic rings. The summed E-state index contributed by atoms with van der Waals surface area (Å²) < 4.78 is 0. The molecule has 2 nitrogen and oxygen atoms in total. The molecule has 1 fully saturated rings. The molecule has 0 heterocycles. The first-order valence-electron chi connectivity index (χ1n) is 7.16. The lowest BCUT2D eigenvalue weighted by atomic mass is 9.92. The van der Waals surface area contributed by atoms with Gasteiger partial charge in [0.2, 0.25) is 0 Å². The van der Waals surface area contributed by atoms with Crippen LogP contribution in [0.15, 0.2) is 0 Å². The van der Waals surface area contributed by atoms with Gasteiger partial charge in [-0.3, -0.25) is 0 Å². The van der Waals surface area contributed by atoms with Gasteiger partial charge in [0.25, 0.3) is 0 Å².